The second kappa shape index (κ2) is 8.08. The Kier molecular flexibility index (Phi) is 5.51. The first-order valence-electron chi connectivity index (χ1n) is 10.3. The van der Waals surface area contributed by atoms with Crippen LogP contribution in [0.4, 0.5) is 0 Å². The summed E-state index contributed by atoms with van der Waals surface area (Å²) in [4.78, 5) is 19.8. The molecule has 1 amide bonds. The predicted octanol–water partition coefficient (Wildman–Crippen LogP) is 4.80. The molecule has 0 unspecified atom stereocenters. The number of aromatic nitrogens is 2. The number of carbonyl (C=O) groups excluding carboxylic acids is 1. The van der Waals surface area contributed by atoms with Crippen molar-refractivity contribution in [1.82, 2.24) is 14.3 Å². The van der Waals surface area contributed by atoms with Crippen molar-refractivity contribution in [2.24, 2.45) is 0 Å². The number of fused-ring (bicyclic) bond motifs is 3. The molecule has 5 nitrogen and oxygen atoms in total. The van der Waals surface area contributed by atoms with Gasteiger partial charge in [0.05, 0.1) is 27.4 Å². The Hall–Kier alpha value is -2.52. The van der Waals surface area contributed by atoms with E-state index in [-0.39, 0.29) is 5.91 Å². The van der Waals surface area contributed by atoms with Crippen LogP contribution in [-0.4, -0.2) is 38.0 Å². The van der Waals surface area contributed by atoms with Gasteiger partial charge in [-0.3, -0.25) is 9.20 Å². The molecule has 29 heavy (non-hydrogen) atoms. The van der Waals surface area contributed by atoms with Gasteiger partial charge in [0.1, 0.15) is 6.07 Å². The van der Waals surface area contributed by atoms with E-state index in [0.29, 0.717) is 29.0 Å². The lowest BCUT2D eigenvalue weighted by atomic mass is 9.98. The normalized spacial score (nSPS) is 19.6. The lowest BCUT2D eigenvalue weighted by Gasteiger charge is -2.39. The summed E-state index contributed by atoms with van der Waals surface area (Å²) in [7, 11) is 0. The summed E-state index contributed by atoms with van der Waals surface area (Å²) in [6.07, 6.45) is 4.10. The van der Waals surface area contributed by atoms with E-state index < -0.39 is 0 Å². The maximum Gasteiger partial charge on any atom is 0.233 e. The van der Waals surface area contributed by atoms with Crippen LogP contribution in [0.5, 0.6) is 0 Å². The van der Waals surface area contributed by atoms with Crippen molar-refractivity contribution in [3.05, 3.63) is 41.5 Å². The Labute approximate surface area is 175 Å². The zero-order valence-corrected chi connectivity index (χ0v) is 18.0. The number of likely N-dealkylation sites (tertiary alicyclic amines) is 1. The summed E-state index contributed by atoms with van der Waals surface area (Å²) < 4.78 is 2.04. The average molecular weight is 407 g/mol. The Bertz CT molecular complexity index is 1100. The Morgan fingerprint density at radius 2 is 2.00 bits per heavy atom. The minimum Gasteiger partial charge on any atom is -0.337 e. The molecule has 0 N–H and O–H groups in total. The number of rotatable bonds is 4. The molecule has 0 spiro atoms. The van der Waals surface area contributed by atoms with Crippen LogP contribution < -0.4 is 0 Å². The minimum absolute atomic E-state index is 0.190. The standard InChI is InChI=1S/C23H26N4OS/c1-4-17-12-22(29-14-21(28)26-15(2)8-7-9-16(26)3)27-20-11-6-5-10-19(20)25-23(27)18(17)13-24/h5-6,10-12,15-16H,4,7-9,14H2,1-3H3/t15-,16+. The molecule has 3 heterocycles. The number of thioether (sulfide) groups is 1. The number of benzene rings is 1. The van der Waals surface area contributed by atoms with E-state index in [9.17, 15) is 10.1 Å². The molecule has 1 aliphatic rings. The summed E-state index contributed by atoms with van der Waals surface area (Å²) in [6.45, 7) is 6.35. The van der Waals surface area contributed by atoms with Gasteiger partial charge in [-0.2, -0.15) is 5.26 Å². The van der Waals surface area contributed by atoms with Crippen molar-refractivity contribution < 1.29 is 4.79 Å². The molecule has 4 rings (SSSR count). The van der Waals surface area contributed by atoms with Crippen LogP contribution in [-0.2, 0) is 11.2 Å². The Morgan fingerprint density at radius 3 is 2.69 bits per heavy atom. The van der Waals surface area contributed by atoms with Crippen LogP contribution in [0.15, 0.2) is 35.4 Å². The molecule has 2 atom stereocenters. The highest BCUT2D eigenvalue weighted by Crippen LogP contribution is 2.31. The highest BCUT2D eigenvalue weighted by Gasteiger charge is 2.29. The number of para-hydroxylation sites is 2. The summed E-state index contributed by atoms with van der Waals surface area (Å²) in [5, 5.41) is 10.7. The fraction of sp³-hybridized carbons (Fsp3) is 0.435. The molecule has 1 saturated heterocycles. The van der Waals surface area contributed by atoms with E-state index in [1.165, 1.54) is 6.42 Å². The third-order valence-electron chi connectivity index (χ3n) is 5.94. The van der Waals surface area contributed by atoms with Crippen LogP contribution in [0.1, 0.15) is 51.2 Å². The number of carbonyl (C=O) groups is 1. The zero-order chi connectivity index (χ0) is 20.5. The second-order valence-electron chi connectivity index (χ2n) is 7.83. The Morgan fingerprint density at radius 1 is 1.28 bits per heavy atom. The molecule has 6 heteroatoms. The maximum absolute atomic E-state index is 13.0. The highest BCUT2D eigenvalue weighted by molar-refractivity contribution is 7.99. The van der Waals surface area contributed by atoms with Crippen LogP contribution in [0.3, 0.4) is 0 Å². The number of piperidine rings is 1. The number of hydrogen-bond donors (Lipinski definition) is 0. The first-order chi connectivity index (χ1) is 14.0. The van der Waals surface area contributed by atoms with Crippen LogP contribution in [0.25, 0.3) is 16.7 Å². The molecule has 0 radical (unpaired) electrons. The number of hydrogen-bond acceptors (Lipinski definition) is 4. The van der Waals surface area contributed by atoms with Gasteiger partial charge >= 0.3 is 0 Å². The average Bonchev–Trinajstić information content (AvgIpc) is 3.11. The van der Waals surface area contributed by atoms with Gasteiger partial charge in [0.2, 0.25) is 5.91 Å². The van der Waals surface area contributed by atoms with Crippen LogP contribution >= 0.6 is 11.8 Å². The minimum atomic E-state index is 0.190. The van der Waals surface area contributed by atoms with Crippen molar-refractivity contribution in [1.29, 1.82) is 5.26 Å². The van der Waals surface area contributed by atoms with E-state index in [1.807, 2.05) is 35.6 Å². The van der Waals surface area contributed by atoms with Crippen molar-refractivity contribution in [2.75, 3.05) is 5.75 Å². The monoisotopic (exact) mass is 406 g/mol. The first kappa shape index (κ1) is 19.8. The lowest BCUT2D eigenvalue weighted by molar-refractivity contribution is -0.134. The highest BCUT2D eigenvalue weighted by atomic mass is 32.2. The van der Waals surface area contributed by atoms with Gasteiger partial charge in [-0.1, -0.05) is 30.8 Å². The van der Waals surface area contributed by atoms with Crippen molar-refractivity contribution in [3.63, 3.8) is 0 Å². The molecule has 1 aromatic carbocycles. The SMILES string of the molecule is CCc1cc(SCC(=O)N2[C@H](C)CCC[C@@H]2C)n2c(nc3ccccc32)c1C#N. The van der Waals surface area contributed by atoms with Gasteiger partial charge in [0.25, 0.3) is 0 Å². The van der Waals surface area contributed by atoms with Gasteiger partial charge in [0, 0.05) is 12.1 Å². The fourth-order valence-electron chi connectivity index (χ4n) is 4.48. The number of aryl methyl sites for hydroxylation is 1. The van der Waals surface area contributed by atoms with E-state index in [2.05, 4.69) is 30.9 Å². The quantitative estimate of drug-likeness (QED) is 0.584. The van der Waals surface area contributed by atoms with E-state index in [4.69, 9.17) is 4.98 Å². The number of pyridine rings is 1. The molecule has 2 aromatic heterocycles. The van der Waals surface area contributed by atoms with Crippen LogP contribution in [0, 0.1) is 11.3 Å². The number of imidazole rings is 1. The van der Waals surface area contributed by atoms with Gasteiger partial charge in [0.15, 0.2) is 5.65 Å². The van der Waals surface area contributed by atoms with Crippen molar-refractivity contribution >= 4 is 34.3 Å². The largest absolute Gasteiger partial charge is 0.337 e. The van der Waals surface area contributed by atoms with E-state index in [0.717, 1.165) is 40.9 Å². The van der Waals surface area contributed by atoms with Gasteiger partial charge in [-0.05, 0) is 63.3 Å². The van der Waals surface area contributed by atoms with E-state index >= 15 is 0 Å². The number of nitrogens with zero attached hydrogens (tertiary/aromatic N) is 4. The summed E-state index contributed by atoms with van der Waals surface area (Å²) in [5.41, 5.74) is 4.12. The predicted molar refractivity (Wildman–Crippen MR) is 117 cm³/mol. The second-order valence-corrected chi connectivity index (χ2v) is 8.82. The summed E-state index contributed by atoms with van der Waals surface area (Å²) in [5.74, 6) is 0.584. The molecule has 3 aromatic rings. The summed E-state index contributed by atoms with van der Waals surface area (Å²) >= 11 is 1.55. The van der Waals surface area contributed by atoms with Gasteiger partial charge in [-0.25, -0.2) is 4.98 Å². The number of nitriles is 1. The molecule has 0 saturated carbocycles. The molecule has 1 aliphatic heterocycles. The van der Waals surface area contributed by atoms with Crippen molar-refractivity contribution in [2.45, 2.75) is 63.6 Å². The third kappa shape index (κ3) is 3.49. The molecular weight excluding hydrogens is 380 g/mol. The van der Waals surface area contributed by atoms with Crippen LogP contribution in [0.2, 0.25) is 0 Å². The van der Waals surface area contributed by atoms with Gasteiger partial charge in [-0.15, -0.1) is 0 Å². The number of amides is 1. The van der Waals surface area contributed by atoms with Gasteiger partial charge < -0.3 is 4.90 Å². The Balaban J connectivity index is 1.73. The summed E-state index contributed by atoms with van der Waals surface area (Å²) in [6, 6.07) is 12.9. The third-order valence-corrected chi connectivity index (χ3v) is 6.93. The molecule has 0 bridgehead atoms. The smallest absolute Gasteiger partial charge is 0.233 e. The topological polar surface area (TPSA) is 61.4 Å². The van der Waals surface area contributed by atoms with Crippen molar-refractivity contribution in [3.8, 4) is 6.07 Å². The molecular formula is C23H26N4OS. The molecule has 1 fully saturated rings. The van der Waals surface area contributed by atoms with E-state index in [1.54, 1.807) is 11.8 Å². The first-order valence-corrected chi connectivity index (χ1v) is 11.3. The lowest BCUT2D eigenvalue weighted by Crippen LogP contribution is -2.48. The fourth-order valence-corrected chi connectivity index (χ4v) is 5.44. The molecule has 0 aliphatic carbocycles. The zero-order valence-electron chi connectivity index (χ0n) is 17.2. The molecule has 150 valence electrons. The maximum atomic E-state index is 13.0.